The van der Waals surface area contributed by atoms with Crippen LogP contribution in [0.1, 0.15) is 28.6 Å². The zero-order chi connectivity index (χ0) is 20.3. The molecule has 2 aromatic carbocycles. The molecule has 0 aliphatic rings. The van der Waals surface area contributed by atoms with Crippen molar-refractivity contribution in [1.82, 2.24) is 4.90 Å². The van der Waals surface area contributed by atoms with Crippen molar-refractivity contribution in [2.24, 2.45) is 0 Å². The van der Waals surface area contributed by atoms with Crippen LogP contribution in [-0.2, 0) is 13.0 Å². The van der Waals surface area contributed by atoms with E-state index in [1.807, 2.05) is 31.2 Å². The molecule has 0 N–H and O–H groups in total. The lowest BCUT2D eigenvalue weighted by atomic mass is 10.1. The van der Waals surface area contributed by atoms with E-state index in [2.05, 4.69) is 0 Å². The summed E-state index contributed by atoms with van der Waals surface area (Å²) in [5, 5.41) is 1.03. The molecule has 0 saturated heterocycles. The standard InChI is InChI=1S/C22H25NO5/c1-6-17-16(14-9-7-8-10-18(14)28-17)13-23(2)22(24)15-11-20(26-4)21(27-5)12-19(15)25-3/h7-12H,6,13H2,1-5H3. The summed E-state index contributed by atoms with van der Waals surface area (Å²) in [7, 11) is 6.37. The van der Waals surface area contributed by atoms with Gasteiger partial charge in [0.2, 0.25) is 0 Å². The third kappa shape index (κ3) is 3.50. The first-order chi connectivity index (χ1) is 13.5. The molecule has 0 bridgehead atoms. The number of methoxy groups -OCH3 is 3. The van der Waals surface area contributed by atoms with E-state index >= 15 is 0 Å². The molecule has 0 fully saturated rings. The number of aryl methyl sites for hydroxylation is 1. The molecule has 28 heavy (non-hydrogen) atoms. The van der Waals surface area contributed by atoms with E-state index < -0.39 is 0 Å². The number of benzene rings is 2. The first-order valence-electron chi connectivity index (χ1n) is 9.08. The Balaban J connectivity index is 1.96. The fourth-order valence-corrected chi connectivity index (χ4v) is 3.32. The third-order valence-electron chi connectivity index (χ3n) is 4.78. The molecule has 1 aromatic heterocycles. The molecular weight excluding hydrogens is 358 g/mol. The zero-order valence-electron chi connectivity index (χ0n) is 16.9. The summed E-state index contributed by atoms with van der Waals surface area (Å²) in [5.41, 5.74) is 2.26. The quantitative estimate of drug-likeness (QED) is 0.609. The SMILES string of the molecule is CCc1oc2ccccc2c1CN(C)C(=O)c1cc(OC)c(OC)cc1OC. The number of furan rings is 1. The second-order valence-electron chi connectivity index (χ2n) is 6.42. The van der Waals surface area contributed by atoms with E-state index in [4.69, 9.17) is 18.6 Å². The summed E-state index contributed by atoms with van der Waals surface area (Å²) in [4.78, 5) is 14.8. The van der Waals surface area contributed by atoms with Gasteiger partial charge in [0.15, 0.2) is 11.5 Å². The molecule has 0 spiro atoms. The number of nitrogens with zero attached hydrogens (tertiary/aromatic N) is 1. The Hall–Kier alpha value is -3.15. The predicted octanol–water partition coefficient (Wildman–Crippen LogP) is 4.29. The van der Waals surface area contributed by atoms with E-state index in [1.54, 1.807) is 31.2 Å². The Bertz CT molecular complexity index is 992. The van der Waals surface area contributed by atoms with Gasteiger partial charge in [-0.3, -0.25) is 4.79 Å². The molecule has 3 aromatic rings. The first-order valence-corrected chi connectivity index (χ1v) is 9.08. The molecule has 1 heterocycles. The summed E-state index contributed by atoms with van der Waals surface area (Å²) in [6.45, 7) is 2.47. The number of carbonyl (C=O) groups is 1. The maximum atomic E-state index is 13.2. The van der Waals surface area contributed by atoms with E-state index in [0.717, 1.165) is 28.7 Å². The van der Waals surface area contributed by atoms with Gasteiger partial charge in [-0.1, -0.05) is 25.1 Å². The maximum Gasteiger partial charge on any atom is 0.257 e. The highest BCUT2D eigenvalue weighted by atomic mass is 16.5. The van der Waals surface area contributed by atoms with E-state index in [1.165, 1.54) is 14.2 Å². The number of hydrogen-bond donors (Lipinski definition) is 0. The lowest BCUT2D eigenvalue weighted by Gasteiger charge is -2.20. The van der Waals surface area contributed by atoms with Crippen molar-refractivity contribution in [3.8, 4) is 17.2 Å². The minimum absolute atomic E-state index is 0.176. The second-order valence-corrected chi connectivity index (χ2v) is 6.42. The Kier molecular flexibility index (Phi) is 5.78. The lowest BCUT2D eigenvalue weighted by Crippen LogP contribution is -2.27. The highest BCUT2D eigenvalue weighted by Crippen LogP contribution is 2.35. The summed E-state index contributed by atoms with van der Waals surface area (Å²) in [6.07, 6.45) is 0.756. The maximum absolute atomic E-state index is 13.2. The second kappa shape index (κ2) is 8.25. The number of amides is 1. The van der Waals surface area contributed by atoms with Crippen molar-refractivity contribution < 1.29 is 23.4 Å². The van der Waals surface area contributed by atoms with Gasteiger partial charge in [-0.05, 0) is 6.07 Å². The van der Waals surface area contributed by atoms with E-state index in [9.17, 15) is 4.79 Å². The number of para-hydroxylation sites is 1. The van der Waals surface area contributed by atoms with Crippen LogP contribution in [-0.4, -0.2) is 39.2 Å². The Morgan fingerprint density at radius 3 is 2.29 bits per heavy atom. The molecule has 6 heteroatoms. The summed E-state index contributed by atoms with van der Waals surface area (Å²) < 4.78 is 22.0. The molecule has 0 aliphatic carbocycles. The van der Waals surface area contributed by atoms with E-state index in [-0.39, 0.29) is 5.91 Å². The molecule has 148 valence electrons. The summed E-state index contributed by atoms with van der Waals surface area (Å²) in [6, 6.07) is 11.2. The smallest absolute Gasteiger partial charge is 0.257 e. The number of hydrogen-bond acceptors (Lipinski definition) is 5. The number of carbonyl (C=O) groups excluding carboxylic acids is 1. The normalized spacial score (nSPS) is 10.8. The molecule has 0 radical (unpaired) electrons. The fourth-order valence-electron chi connectivity index (χ4n) is 3.32. The van der Waals surface area contributed by atoms with Crippen LogP contribution in [0.5, 0.6) is 17.2 Å². The Morgan fingerprint density at radius 1 is 1.00 bits per heavy atom. The van der Waals surface area contributed by atoms with Crippen LogP contribution < -0.4 is 14.2 Å². The number of fused-ring (bicyclic) bond motifs is 1. The average Bonchev–Trinajstić information content (AvgIpc) is 3.09. The Labute approximate surface area is 164 Å². The van der Waals surface area contributed by atoms with E-state index in [0.29, 0.717) is 29.4 Å². The number of ether oxygens (including phenoxy) is 3. The van der Waals surface area contributed by atoms with Crippen molar-refractivity contribution in [3.05, 3.63) is 53.3 Å². The molecule has 6 nitrogen and oxygen atoms in total. The molecule has 0 unspecified atom stereocenters. The van der Waals surface area contributed by atoms with Crippen molar-refractivity contribution in [3.63, 3.8) is 0 Å². The van der Waals surface area contributed by atoms with Gasteiger partial charge >= 0.3 is 0 Å². The third-order valence-corrected chi connectivity index (χ3v) is 4.78. The highest BCUT2D eigenvalue weighted by Gasteiger charge is 2.23. The van der Waals surface area contributed by atoms with Crippen LogP contribution in [0, 0.1) is 0 Å². The van der Waals surface area contributed by atoms with Crippen LogP contribution in [0.15, 0.2) is 40.8 Å². The van der Waals surface area contributed by atoms with Gasteiger partial charge in [0.1, 0.15) is 17.1 Å². The van der Waals surface area contributed by atoms with Crippen molar-refractivity contribution in [1.29, 1.82) is 0 Å². The minimum atomic E-state index is -0.176. The lowest BCUT2D eigenvalue weighted by molar-refractivity contribution is 0.0781. The molecular formula is C22H25NO5. The van der Waals surface area contributed by atoms with Crippen molar-refractivity contribution in [2.75, 3.05) is 28.4 Å². The average molecular weight is 383 g/mol. The van der Waals surface area contributed by atoms with Gasteiger partial charge in [-0.25, -0.2) is 0 Å². The summed E-state index contributed by atoms with van der Waals surface area (Å²) >= 11 is 0. The van der Waals surface area contributed by atoms with Gasteiger partial charge < -0.3 is 23.5 Å². The molecule has 3 rings (SSSR count). The van der Waals surface area contributed by atoms with Gasteiger partial charge in [-0.15, -0.1) is 0 Å². The van der Waals surface area contributed by atoms with Crippen LogP contribution in [0.2, 0.25) is 0 Å². The highest BCUT2D eigenvalue weighted by molar-refractivity contribution is 5.98. The molecule has 0 saturated carbocycles. The van der Waals surface area contributed by atoms with Gasteiger partial charge in [0.05, 0.1) is 26.9 Å². The van der Waals surface area contributed by atoms with Crippen LogP contribution in [0.4, 0.5) is 0 Å². The minimum Gasteiger partial charge on any atom is -0.496 e. The Morgan fingerprint density at radius 2 is 1.64 bits per heavy atom. The monoisotopic (exact) mass is 383 g/mol. The zero-order valence-corrected chi connectivity index (χ0v) is 16.9. The van der Waals surface area contributed by atoms with Crippen LogP contribution >= 0.6 is 0 Å². The first kappa shape index (κ1) is 19.6. The number of rotatable bonds is 7. The summed E-state index contributed by atoms with van der Waals surface area (Å²) in [5.74, 6) is 2.13. The van der Waals surface area contributed by atoms with Crippen LogP contribution in [0.3, 0.4) is 0 Å². The van der Waals surface area contributed by atoms with Gasteiger partial charge in [0.25, 0.3) is 5.91 Å². The fraction of sp³-hybridized carbons (Fsp3) is 0.318. The van der Waals surface area contributed by atoms with Gasteiger partial charge in [-0.2, -0.15) is 0 Å². The topological polar surface area (TPSA) is 61.1 Å². The molecule has 0 atom stereocenters. The van der Waals surface area contributed by atoms with Crippen molar-refractivity contribution >= 4 is 16.9 Å². The largest absolute Gasteiger partial charge is 0.496 e. The molecule has 0 aliphatic heterocycles. The van der Waals surface area contributed by atoms with Crippen molar-refractivity contribution in [2.45, 2.75) is 19.9 Å². The molecule has 1 amide bonds. The van der Waals surface area contributed by atoms with Gasteiger partial charge in [0, 0.05) is 43.1 Å². The predicted molar refractivity (Wildman–Crippen MR) is 107 cm³/mol. The van der Waals surface area contributed by atoms with Crippen LogP contribution in [0.25, 0.3) is 11.0 Å².